The van der Waals surface area contributed by atoms with Crippen molar-refractivity contribution in [1.82, 2.24) is 24.0 Å². The third-order valence-electron chi connectivity index (χ3n) is 3.70. The number of fused-ring (bicyclic) bond motifs is 2. The van der Waals surface area contributed by atoms with Crippen molar-refractivity contribution >= 4 is 17.0 Å². The molecule has 4 aromatic heterocycles. The zero-order valence-electron chi connectivity index (χ0n) is 13.0. The van der Waals surface area contributed by atoms with Gasteiger partial charge in [-0.3, -0.25) is 9.20 Å². The molecule has 4 heterocycles. The van der Waals surface area contributed by atoms with Crippen molar-refractivity contribution in [2.75, 3.05) is 12.4 Å². The Bertz CT molecular complexity index is 1150. The highest BCUT2D eigenvalue weighted by Crippen LogP contribution is 2.22. The van der Waals surface area contributed by atoms with Crippen molar-refractivity contribution in [2.45, 2.75) is 6.92 Å². The van der Waals surface area contributed by atoms with Crippen molar-refractivity contribution in [3.63, 3.8) is 0 Å². The van der Waals surface area contributed by atoms with E-state index in [0.717, 1.165) is 17.4 Å². The second-order valence-corrected chi connectivity index (χ2v) is 5.40. The van der Waals surface area contributed by atoms with Crippen molar-refractivity contribution in [3.8, 4) is 11.4 Å². The van der Waals surface area contributed by atoms with Gasteiger partial charge in [-0.25, -0.2) is 18.9 Å². The van der Waals surface area contributed by atoms with Gasteiger partial charge >= 0.3 is 0 Å². The van der Waals surface area contributed by atoms with Gasteiger partial charge in [0, 0.05) is 19.3 Å². The highest BCUT2D eigenvalue weighted by molar-refractivity contribution is 5.73. The summed E-state index contributed by atoms with van der Waals surface area (Å²) in [5, 5.41) is 7.49. The Labute approximate surface area is 135 Å². The smallest absolute Gasteiger partial charge is 0.258 e. The second kappa shape index (κ2) is 5.12. The van der Waals surface area contributed by atoms with Gasteiger partial charge in [0.15, 0.2) is 5.82 Å². The van der Waals surface area contributed by atoms with Crippen LogP contribution >= 0.6 is 0 Å². The maximum Gasteiger partial charge on any atom is 0.258 e. The molecule has 0 aliphatic carbocycles. The Hall–Kier alpha value is -3.29. The maximum absolute atomic E-state index is 13.3. The zero-order valence-corrected chi connectivity index (χ0v) is 13.0. The maximum atomic E-state index is 13.3. The first-order valence-electron chi connectivity index (χ1n) is 7.29. The molecular weight excluding hydrogens is 311 g/mol. The summed E-state index contributed by atoms with van der Waals surface area (Å²) in [5.74, 6) is 0.195. The molecule has 0 unspecified atom stereocenters. The number of hydrogen-bond donors (Lipinski definition) is 1. The highest BCUT2D eigenvalue weighted by Gasteiger charge is 2.12. The van der Waals surface area contributed by atoms with Crippen LogP contribution < -0.4 is 10.9 Å². The van der Waals surface area contributed by atoms with Crippen LogP contribution in [0.2, 0.25) is 0 Å². The van der Waals surface area contributed by atoms with Crippen LogP contribution in [0.5, 0.6) is 0 Å². The molecule has 0 fully saturated rings. The van der Waals surface area contributed by atoms with Gasteiger partial charge in [0.2, 0.25) is 0 Å². The monoisotopic (exact) mass is 324 g/mol. The van der Waals surface area contributed by atoms with Crippen LogP contribution in [0.4, 0.5) is 10.2 Å². The molecule has 0 spiro atoms. The molecule has 0 radical (unpaired) electrons. The van der Waals surface area contributed by atoms with Crippen LogP contribution in [0.3, 0.4) is 0 Å². The third-order valence-corrected chi connectivity index (χ3v) is 3.70. The van der Waals surface area contributed by atoms with Crippen LogP contribution in [0, 0.1) is 12.7 Å². The standard InChI is InChI=1S/C16H13FN6O/c1-9-7-23-13(16(18-2)19-9)5-12(21-23)11-6-15(24)22-8-10(17)3-4-14(22)20-11/h3-8H,1-2H3,(H,18,19). The van der Waals surface area contributed by atoms with E-state index in [0.29, 0.717) is 22.9 Å². The van der Waals surface area contributed by atoms with Gasteiger partial charge in [-0.15, -0.1) is 0 Å². The number of aromatic nitrogens is 5. The van der Waals surface area contributed by atoms with Gasteiger partial charge in [0.05, 0.1) is 17.6 Å². The Morgan fingerprint density at radius 1 is 1.12 bits per heavy atom. The molecule has 4 rings (SSSR count). The fourth-order valence-electron chi connectivity index (χ4n) is 2.63. The van der Waals surface area contributed by atoms with E-state index >= 15 is 0 Å². The summed E-state index contributed by atoms with van der Waals surface area (Å²) in [6.45, 7) is 1.87. The van der Waals surface area contributed by atoms with Gasteiger partial charge in [-0.1, -0.05) is 0 Å². The molecular formula is C16H13FN6O. The summed E-state index contributed by atoms with van der Waals surface area (Å²) in [6, 6.07) is 5.87. The van der Waals surface area contributed by atoms with Crippen LogP contribution in [-0.2, 0) is 0 Å². The lowest BCUT2D eigenvalue weighted by Crippen LogP contribution is -2.14. The fraction of sp³-hybridized carbons (Fsp3) is 0.125. The van der Waals surface area contributed by atoms with Crippen LogP contribution in [0.25, 0.3) is 22.6 Å². The first kappa shape index (κ1) is 14.3. The number of nitrogens with one attached hydrogen (secondary N) is 1. The molecule has 0 amide bonds. The predicted molar refractivity (Wildman–Crippen MR) is 87.7 cm³/mol. The number of anilines is 1. The molecule has 1 N–H and O–H groups in total. The van der Waals surface area contributed by atoms with E-state index in [-0.39, 0.29) is 5.56 Å². The molecule has 0 aliphatic rings. The van der Waals surface area contributed by atoms with E-state index in [9.17, 15) is 9.18 Å². The molecule has 0 saturated heterocycles. The number of halogens is 1. The molecule has 0 bridgehead atoms. The summed E-state index contributed by atoms with van der Waals surface area (Å²) in [6.07, 6.45) is 2.91. The number of hydrogen-bond acceptors (Lipinski definition) is 5. The quantitative estimate of drug-likeness (QED) is 0.609. The molecule has 7 nitrogen and oxygen atoms in total. The lowest BCUT2D eigenvalue weighted by Gasteiger charge is -2.02. The normalized spacial score (nSPS) is 11.3. The van der Waals surface area contributed by atoms with Gasteiger partial charge in [-0.2, -0.15) is 5.10 Å². The molecule has 120 valence electrons. The van der Waals surface area contributed by atoms with E-state index in [4.69, 9.17) is 0 Å². The van der Waals surface area contributed by atoms with Gasteiger partial charge in [-0.05, 0) is 25.1 Å². The summed E-state index contributed by atoms with van der Waals surface area (Å²) >= 11 is 0. The largest absolute Gasteiger partial charge is 0.371 e. The number of nitrogens with zero attached hydrogens (tertiary/aromatic N) is 5. The van der Waals surface area contributed by atoms with Crippen molar-refractivity contribution in [3.05, 3.63) is 58.5 Å². The summed E-state index contributed by atoms with van der Waals surface area (Å²) in [7, 11) is 1.78. The van der Waals surface area contributed by atoms with Crippen molar-refractivity contribution in [2.24, 2.45) is 0 Å². The van der Waals surface area contributed by atoms with E-state index in [1.165, 1.54) is 22.6 Å². The summed E-state index contributed by atoms with van der Waals surface area (Å²) < 4.78 is 16.1. The summed E-state index contributed by atoms with van der Waals surface area (Å²) in [5.41, 5.74) is 2.55. The average Bonchev–Trinajstić information content (AvgIpc) is 2.98. The van der Waals surface area contributed by atoms with Crippen LogP contribution in [0.1, 0.15) is 5.69 Å². The Balaban J connectivity index is 1.96. The third kappa shape index (κ3) is 2.19. The average molecular weight is 324 g/mol. The molecule has 0 atom stereocenters. The highest BCUT2D eigenvalue weighted by atomic mass is 19.1. The van der Waals surface area contributed by atoms with E-state index in [1.54, 1.807) is 23.8 Å². The second-order valence-electron chi connectivity index (χ2n) is 5.40. The lowest BCUT2D eigenvalue weighted by molar-refractivity contribution is 0.617. The van der Waals surface area contributed by atoms with E-state index < -0.39 is 5.82 Å². The van der Waals surface area contributed by atoms with Crippen LogP contribution in [0.15, 0.2) is 41.5 Å². The Morgan fingerprint density at radius 2 is 1.96 bits per heavy atom. The van der Waals surface area contributed by atoms with Crippen LogP contribution in [-0.4, -0.2) is 31.0 Å². The fourth-order valence-corrected chi connectivity index (χ4v) is 2.63. The predicted octanol–water partition coefficient (Wildman–Crippen LogP) is 1.89. The molecule has 0 aliphatic heterocycles. The van der Waals surface area contributed by atoms with Crippen molar-refractivity contribution < 1.29 is 4.39 Å². The lowest BCUT2D eigenvalue weighted by atomic mass is 10.2. The van der Waals surface area contributed by atoms with Gasteiger partial charge in [0.25, 0.3) is 5.56 Å². The number of rotatable bonds is 2. The number of aryl methyl sites for hydroxylation is 1. The topological polar surface area (TPSA) is 76.6 Å². The molecule has 0 saturated carbocycles. The van der Waals surface area contributed by atoms with Crippen molar-refractivity contribution in [1.29, 1.82) is 0 Å². The molecule has 0 aromatic carbocycles. The Kier molecular flexibility index (Phi) is 3.05. The first-order valence-corrected chi connectivity index (χ1v) is 7.29. The van der Waals surface area contributed by atoms with Gasteiger partial charge in [0.1, 0.15) is 22.7 Å². The first-order chi connectivity index (χ1) is 11.5. The number of pyridine rings is 1. The SMILES string of the molecule is CNc1nc(C)cn2nc(-c3cc(=O)n4cc(F)ccc4n3)cc12. The minimum atomic E-state index is -0.493. The minimum absolute atomic E-state index is 0.360. The molecule has 24 heavy (non-hydrogen) atoms. The Morgan fingerprint density at radius 3 is 2.75 bits per heavy atom. The minimum Gasteiger partial charge on any atom is -0.371 e. The van der Waals surface area contributed by atoms with E-state index in [2.05, 4.69) is 20.4 Å². The molecule has 8 heteroatoms. The van der Waals surface area contributed by atoms with E-state index in [1.807, 2.05) is 6.92 Å². The van der Waals surface area contributed by atoms with Gasteiger partial charge < -0.3 is 5.32 Å². The zero-order chi connectivity index (χ0) is 16.8. The summed E-state index contributed by atoms with van der Waals surface area (Å²) in [4.78, 5) is 21.0. The molecule has 4 aromatic rings.